The lowest BCUT2D eigenvalue weighted by molar-refractivity contribution is 0.0678. The molecule has 1 N–H and O–H groups in total. The second-order valence-corrected chi connectivity index (χ2v) is 6.69. The van der Waals surface area contributed by atoms with E-state index in [1.807, 2.05) is 0 Å². The van der Waals surface area contributed by atoms with E-state index in [1.165, 1.54) is 12.1 Å². The van der Waals surface area contributed by atoms with Crippen molar-refractivity contribution < 1.29 is 22.6 Å². The maximum Gasteiger partial charge on any atom is 0.240 e. The minimum Gasteiger partial charge on any atom is -0.454 e. The van der Waals surface area contributed by atoms with Gasteiger partial charge in [0, 0.05) is 25.8 Å². The van der Waals surface area contributed by atoms with Crippen LogP contribution in [0, 0.1) is 5.92 Å². The second kappa shape index (κ2) is 5.59. The monoisotopic (exact) mass is 299 g/mol. The van der Waals surface area contributed by atoms with E-state index in [2.05, 4.69) is 4.72 Å². The smallest absolute Gasteiger partial charge is 0.240 e. The van der Waals surface area contributed by atoms with Crippen LogP contribution in [0.5, 0.6) is 11.5 Å². The van der Waals surface area contributed by atoms with E-state index in [9.17, 15) is 8.42 Å². The van der Waals surface area contributed by atoms with Crippen molar-refractivity contribution in [2.24, 2.45) is 5.92 Å². The molecule has 1 saturated heterocycles. The highest BCUT2D eigenvalue weighted by Crippen LogP contribution is 2.33. The molecule has 7 heteroatoms. The molecular weight excluding hydrogens is 282 g/mol. The minimum atomic E-state index is -3.51. The van der Waals surface area contributed by atoms with E-state index in [1.54, 1.807) is 6.07 Å². The number of sulfonamides is 1. The van der Waals surface area contributed by atoms with Crippen LogP contribution >= 0.6 is 0 Å². The Bertz CT molecular complexity index is 580. The molecule has 0 spiro atoms. The highest BCUT2D eigenvalue weighted by Gasteiger charge is 2.22. The number of ether oxygens (including phenoxy) is 3. The summed E-state index contributed by atoms with van der Waals surface area (Å²) in [5.41, 5.74) is 0. The molecule has 0 unspecified atom stereocenters. The lowest BCUT2D eigenvalue weighted by Crippen LogP contribution is -2.32. The first-order chi connectivity index (χ1) is 9.65. The first-order valence-corrected chi connectivity index (χ1v) is 8.10. The lowest BCUT2D eigenvalue weighted by atomic mass is 10.0. The van der Waals surface area contributed by atoms with Crippen LogP contribution in [0.15, 0.2) is 23.1 Å². The number of hydrogen-bond donors (Lipinski definition) is 1. The van der Waals surface area contributed by atoms with Crippen molar-refractivity contribution in [3.05, 3.63) is 18.2 Å². The van der Waals surface area contributed by atoms with Crippen molar-refractivity contribution in [2.75, 3.05) is 26.6 Å². The zero-order valence-electron chi connectivity index (χ0n) is 11.0. The summed E-state index contributed by atoms with van der Waals surface area (Å²) in [6.07, 6.45) is 1.79. The molecule has 1 aromatic rings. The molecule has 3 rings (SSSR count). The van der Waals surface area contributed by atoms with Crippen LogP contribution in [0.4, 0.5) is 0 Å². The third-order valence-corrected chi connectivity index (χ3v) is 4.98. The van der Waals surface area contributed by atoms with Crippen molar-refractivity contribution in [1.82, 2.24) is 4.72 Å². The maximum atomic E-state index is 12.2. The molecule has 0 atom stereocenters. The summed E-state index contributed by atoms with van der Waals surface area (Å²) in [7, 11) is -3.51. The molecule has 1 fully saturated rings. The van der Waals surface area contributed by atoms with Gasteiger partial charge in [-0.05, 0) is 30.9 Å². The summed E-state index contributed by atoms with van der Waals surface area (Å²) in [5, 5.41) is 0. The van der Waals surface area contributed by atoms with Crippen molar-refractivity contribution in [3.8, 4) is 11.5 Å². The predicted octanol–water partition coefficient (Wildman–Crippen LogP) is 1.12. The summed E-state index contributed by atoms with van der Waals surface area (Å²) in [5.74, 6) is 1.39. The Labute approximate surface area is 118 Å². The SMILES string of the molecule is O=S(=O)(NCC1CCOCC1)c1ccc2c(c1)OCO2. The molecule has 0 bridgehead atoms. The predicted molar refractivity (Wildman–Crippen MR) is 71.3 cm³/mol. The first kappa shape index (κ1) is 13.7. The molecule has 20 heavy (non-hydrogen) atoms. The highest BCUT2D eigenvalue weighted by molar-refractivity contribution is 7.89. The van der Waals surface area contributed by atoms with Gasteiger partial charge in [-0.2, -0.15) is 0 Å². The van der Waals surface area contributed by atoms with Crippen molar-refractivity contribution in [1.29, 1.82) is 0 Å². The average Bonchev–Trinajstić information content (AvgIpc) is 2.94. The van der Waals surface area contributed by atoms with Gasteiger partial charge in [0.1, 0.15) is 0 Å². The maximum absolute atomic E-state index is 12.2. The normalized spacial score (nSPS) is 19.2. The number of rotatable bonds is 4. The van der Waals surface area contributed by atoms with Crippen LogP contribution in [0.3, 0.4) is 0 Å². The standard InChI is InChI=1S/C13H17NO5S/c15-20(16,14-8-10-3-5-17-6-4-10)11-1-2-12-13(7-11)19-9-18-12/h1-2,7,10,14H,3-6,8-9H2. The van der Waals surface area contributed by atoms with Gasteiger partial charge in [-0.1, -0.05) is 0 Å². The zero-order chi connectivity index (χ0) is 14.0. The molecule has 1 aromatic carbocycles. The molecule has 2 heterocycles. The Morgan fingerprint density at radius 3 is 2.70 bits per heavy atom. The van der Waals surface area contributed by atoms with Crippen LogP contribution in [0.2, 0.25) is 0 Å². The van der Waals surface area contributed by atoms with Crippen LogP contribution in [-0.4, -0.2) is 35.0 Å². The summed E-state index contributed by atoms with van der Waals surface area (Å²) >= 11 is 0. The van der Waals surface area contributed by atoms with E-state index in [4.69, 9.17) is 14.2 Å². The van der Waals surface area contributed by atoms with E-state index >= 15 is 0 Å². The molecule has 0 aliphatic carbocycles. The van der Waals surface area contributed by atoms with Gasteiger partial charge in [0.2, 0.25) is 16.8 Å². The minimum absolute atomic E-state index is 0.133. The summed E-state index contributed by atoms with van der Waals surface area (Å²) < 4.78 is 42.8. The summed E-state index contributed by atoms with van der Waals surface area (Å²) in [6, 6.07) is 4.64. The molecule has 110 valence electrons. The molecular formula is C13H17NO5S. The molecule has 0 saturated carbocycles. The largest absolute Gasteiger partial charge is 0.454 e. The van der Waals surface area contributed by atoms with Crippen molar-refractivity contribution >= 4 is 10.0 Å². The fourth-order valence-corrected chi connectivity index (χ4v) is 3.44. The summed E-state index contributed by atoms with van der Waals surface area (Å²) in [4.78, 5) is 0.203. The molecule has 0 radical (unpaired) electrons. The van der Waals surface area contributed by atoms with Crippen molar-refractivity contribution in [3.63, 3.8) is 0 Å². The third-order valence-electron chi connectivity index (χ3n) is 3.56. The lowest BCUT2D eigenvalue weighted by Gasteiger charge is -2.22. The van der Waals surface area contributed by atoms with E-state index in [0.29, 0.717) is 37.2 Å². The second-order valence-electron chi connectivity index (χ2n) is 4.92. The topological polar surface area (TPSA) is 73.9 Å². The van der Waals surface area contributed by atoms with Gasteiger partial charge in [-0.3, -0.25) is 0 Å². The molecule has 2 aliphatic rings. The van der Waals surface area contributed by atoms with Gasteiger partial charge in [0.05, 0.1) is 4.90 Å². The molecule has 0 amide bonds. The Balaban J connectivity index is 1.68. The van der Waals surface area contributed by atoms with Gasteiger partial charge < -0.3 is 14.2 Å². The van der Waals surface area contributed by atoms with E-state index in [-0.39, 0.29) is 11.7 Å². The first-order valence-electron chi connectivity index (χ1n) is 6.62. The third kappa shape index (κ3) is 2.89. The van der Waals surface area contributed by atoms with Crippen LogP contribution < -0.4 is 14.2 Å². The average molecular weight is 299 g/mol. The fourth-order valence-electron chi connectivity index (χ4n) is 2.31. The number of fused-ring (bicyclic) bond motifs is 1. The number of benzene rings is 1. The molecule has 2 aliphatic heterocycles. The Morgan fingerprint density at radius 1 is 1.15 bits per heavy atom. The Kier molecular flexibility index (Phi) is 3.82. The fraction of sp³-hybridized carbons (Fsp3) is 0.538. The van der Waals surface area contributed by atoms with Crippen LogP contribution in [-0.2, 0) is 14.8 Å². The number of nitrogens with one attached hydrogen (secondary N) is 1. The van der Waals surface area contributed by atoms with Gasteiger partial charge >= 0.3 is 0 Å². The quantitative estimate of drug-likeness (QED) is 0.902. The van der Waals surface area contributed by atoms with Gasteiger partial charge in [-0.15, -0.1) is 0 Å². The van der Waals surface area contributed by atoms with E-state index < -0.39 is 10.0 Å². The Hall–Kier alpha value is -1.31. The van der Waals surface area contributed by atoms with Gasteiger partial charge in [-0.25, -0.2) is 13.1 Å². The van der Waals surface area contributed by atoms with Gasteiger partial charge in [0.25, 0.3) is 0 Å². The summed E-state index contributed by atoms with van der Waals surface area (Å²) in [6.45, 7) is 1.99. The zero-order valence-corrected chi connectivity index (χ0v) is 11.8. The van der Waals surface area contributed by atoms with Crippen LogP contribution in [0.25, 0.3) is 0 Å². The highest BCUT2D eigenvalue weighted by atomic mass is 32.2. The van der Waals surface area contributed by atoms with Crippen LogP contribution in [0.1, 0.15) is 12.8 Å². The molecule has 0 aromatic heterocycles. The van der Waals surface area contributed by atoms with Gasteiger partial charge in [0.15, 0.2) is 11.5 Å². The number of hydrogen-bond acceptors (Lipinski definition) is 5. The van der Waals surface area contributed by atoms with Crippen molar-refractivity contribution in [2.45, 2.75) is 17.7 Å². The Morgan fingerprint density at radius 2 is 1.90 bits per heavy atom. The van der Waals surface area contributed by atoms with E-state index in [0.717, 1.165) is 12.8 Å². The molecule has 6 nitrogen and oxygen atoms in total.